The second-order valence-electron chi connectivity index (χ2n) is 6.63. The van der Waals surface area contributed by atoms with Crippen LogP contribution in [0.3, 0.4) is 0 Å². The van der Waals surface area contributed by atoms with Crippen LogP contribution in [0.25, 0.3) is 31.9 Å². The van der Waals surface area contributed by atoms with Crippen molar-refractivity contribution in [3.63, 3.8) is 0 Å². The maximum atomic E-state index is 4.53. The van der Waals surface area contributed by atoms with Crippen LogP contribution in [0.2, 0.25) is 0 Å². The fraction of sp³-hybridized carbons (Fsp3) is 0.190. The van der Waals surface area contributed by atoms with Gasteiger partial charge in [-0.25, -0.2) is 0 Å². The number of aromatic nitrogens is 3. The lowest BCUT2D eigenvalue weighted by atomic mass is 10.1. The number of aryl methyl sites for hydroxylation is 1. The van der Waals surface area contributed by atoms with Crippen molar-refractivity contribution in [2.75, 3.05) is 5.32 Å². The zero-order valence-corrected chi connectivity index (χ0v) is 15.8. The highest BCUT2D eigenvalue weighted by atomic mass is 32.1. The van der Waals surface area contributed by atoms with Crippen molar-refractivity contribution in [1.29, 1.82) is 0 Å². The second kappa shape index (κ2) is 6.84. The Morgan fingerprint density at radius 3 is 2.38 bits per heavy atom. The van der Waals surface area contributed by atoms with Crippen LogP contribution < -0.4 is 5.32 Å². The smallest absolute Gasteiger partial charge is 0.156 e. The third-order valence-electron chi connectivity index (χ3n) is 4.12. The van der Waals surface area contributed by atoms with E-state index in [4.69, 9.17) is 0 Å². The Hall–Kier alpha value is -2.79. The first-order valence-corrected chi connectivity index (χ1v) is 9.48. The molecule has 0 aliphatic rings. The summed E-state index contributed by atoms with van der Waals surface area (Å²) in [5, 5.41) is 14.6. The highest BCUT2D eigenvalue weighted by Crippen LogP contribution is 2.36. The molecule has 0 fully saturated rings. The van der Waals surface area contributed by atoms with Crippen LogP contribution in [-0.2, 0) is 0 Å². The number of rotatable bonds is 4. The SMILES string of the molecule is Cc1ccc(-c2ccc(-c3nnc(NC(C)C)c4ccccc34)s2)nc1. The first-order valence-electron chi connectivity index (χ1n) is 8.67. The van der Waals surface area contributed by atoms with Gasteiger partial charge < -0.3 is 5.32 Å². The summed E-state index contributed by atoms with van der Waals surface area (Å²) in [7, 11) is 0. The van der Waals surface area contributed by atoms with Gasteiger partial charge in [0.05, 0.1) is 15.4 Å². The van der Waals surface area contributed by atoms with Crippen LogP contribution in [0, 0.1) is 6.92 Å². The zero-order chi connectivity index (χ0) is 18.1. The number of nitrogens with zero attached hydrogens (tertiary/aromatic N) is 3. The van der Waals surface area contributed by atoms with Crippen LogP contribution in [0.4, 0.5) is 5.82 Å². The lowest BCUT2D eigenvalue weighted by molar-refractivity contribution is 0.880. The maximum Gasteiger partial charge on any atom is 0.156 e. The van der Waals surface area contributed by atoms with Crippen LogP contribution in [0.1, 0.15) is 19.4 Å². The molecule has 0 spiro atoms. The van der Waals surface area contributed by atoms with Gasteiger partial charge in [0.1, 0.15) is 5.69 Å². The molecule has 5 heteroatoms. The molecular weight excluding hydrogens is 340 g/mol. The van der Waals surface area contributed by atoms with Gasteiger partial charge in [0.25, 0.3) is 0 Å². The highest BCUT2D eigenvalue weighted by molar-refractivity contribution is 7.18. The Bertz CT molecular complexity index is 1050. The quantitative estimate of drug-likeness (QED) is 0.518. The average molecular weight is 360 g/mol. The molecule has 0 radical (unpaired) electrons. The molecule has 1 aromatic carbocycles. The summed E-state index contributed by atoms with van der Waals surface area (Å²) in [5.74, 6) is 0.830. The number of anilines is 1. The molecular formula is C21H20N4S. The van der Waals surface area contributed by atoms with E-state index < -0.39 is 0 Å². The van der Waals surface area contributed by atoms with E-state index in [-0.39, 0.29) is 0 Å². The number of thiophene rings is 1. The summed E-state index contributed by atoms with van der Waals surface area (Å²) >= 11 is 1.69. The van der Waals surface area contributed by atoms with Crippen LogP contribution in [0.5, 0.6) is 0 Å². The Kier molecular flexibility index (Phi) is 4.39. The van der Waals surface area contributed by atoms with Gasteiger partial charge in [-0.15, -0.1) is 21.5 Å². The van der Waals surface area contributed by atoms with Crippen molar-refractivity contribution in [3.05, 3.63) is 60.3 Å². The molecule has 3 aromatic heterocycles. The van der Waals surface area contributed by atoms with Gasteiger partial charge in [0.15, 0.2) is 5.82 Å². The van der Waals surface area contributed by atoms with Crippen molar-refractivity contribution in [2.45, 2.75) is 26.8 Å². The fourth-order valence-electron chi connectivity index (χ4n) is 2.88. The number of benzene rings is 1. The van der Waals surface area contributed by atoms with E-state index in [1.54, 1.807) is 11.3 Å². The third-order valence-corrected chi connectivity index (χ3v) is 5.23. The number of hydrogen-bond donors (Lipinski definition) is 1. The van der Waals surface area contributed by atoms with Gasteiger partial charge in [0.2, 0.25) is 0 Å². The minimum absolute atomic E-state index is 0.305. The summed E-state index contributed by atoms with van der Waals surface area (Å²) in [6.45, 7) is 6.25. The second-order valence-corrected chi connectivity index (χ2v) is 7.71. The minimum Gasteiger partial charge on any atom is -0.366 e. The molecule has 0 aliphatic heterocycles. The Morgan fingerprint density at radius 1 is 0.885 bits per heavy atom. The van der Waals surface area contributed by atoms with Crippen molar-refractivity contribution >= 4 is 27.9 Å². The van der Waals surface area contributed by atoms with Crippen molar-refractivity contribution in [1.82, 2.24) is 15.2 Å². The third kappa shape index (κ3) is 3.18. The van der Waals surface area contributed by atoms with E-state index in [2.05, 4.69) is 70.7 Å². The van der Waals surface area contributed by atoms with E-state index in [1.165, 1.54) is 0 Å². The molecule has 4 nitrogen and oxygen atoms in total. The molecule has 0 aliphatic carbocycles. The van der Waals surface area contributed by atoms with Crippen LogP contribution in [0.15, 0.2) is 54.7 Å². The molecule has 0 amide bonds. The molecule has 130 valence electrons. The molecule has 0 atom stereocenters. The Balaban J connectivity index is 1.79. The van der Waals surface area contributed by atoms with Crippen molar-refractivity contribution in [3.8, 4) is 21.1 Å². The molecule has 4 aromatic rings. The predicted octanol–water partition coefficient (Wildman–Crippen LogP) is 5.55. The number of pyridine rings is 1. The van der Waals surface area contributed by atoms with Gasteiger partial charge in [-0.05, 0) is 44.5 Å². The monoisotopic (exact) mass is 360 g/mol. The van der Waals surface area contributed by atoms with Crippen molar-refractivity contribution in [2.24, 2.45) is 0 Å². The summed E-state index contributed by atoms with van der Waals surface area (Å²) in [5.41, 5.74) is 3.07. The molecule has 1 N–H and O–H groups in total. The first kappa shape index (κ1) is 16.7. The number of hydrogen-bond acceptors (Lipinski definition) is 5. The normalized spacial score (nSPS) is 11.2. The summed E-state index contributed by atoms with van der Waals surface area (Å²) in [4.78, 5) is 6.76. The van der Waals surface area contributed by atoms with Gasteiger partial charge in [0, 0.05) is 23.0 Å². The summed E-state index contributed by atoms with van der Waals surface area (Å²) in [6.07, 6.45) is 1.90. The molecule has 0 unspecified atom stereocenters. The zero-order valence-electron chi connectivity index (χ0n) is 15.0. The van der Waals surface area contributed by atoms with Crippen LogP contribution in [-0.4, -0.2) is 21.2 Å². The molecule has 26 heavy (non-hydrogen) atoms. The topological polar surface area (TPSA) is 50.7 Å². The summed E-state index contributed by atoms with van der Waals surface area (Å²) < 4.78 is 0. The number of fused-ring (bicyclic) bond motifs is 1. The predicted molar refractivity (Wildman–Crippen MR) is 110 cm³/mol. The van der Waals surface area contributed by atoms with Gasteiger partial charge in [-0.2, -0.15) is 0 Å². The van der Waals surface area contributed by atoms with E-state index in [0.717, 1.165) is 43.3 Å². The molecule has 4 rings (SSSR count). The molecule has 0 saturated heterocycles. The van der Waals surface area contributed by atoms with Gasteiger partial charge >= 0.3 is 0 Å². The number of nitrogens with one attached hydrogen (secondary N) is 1. The standard InChI is InChI=1S/C21H20N4S/c1-13(2)23-21-16-7-5-4-6-15(16)20(24-25-21)19-11-10-18(26-19)17-9-8-14(3)12-22-17/h4-13H,1-3H3,(H,23,25). The Labute approximate surface area is 157 Å². The van der Waals surface area contributed by atoms with Gasteiger partial charge in [-0.3, -0.25) is 4.98 Å². The summed E-state index contributed by atoms with van der Waals surface area (Å²) in [6, 6.07) is 16.9. The average Bonchev–Trinajstić information content (AvgIpc) is 3.12. The lowest BCUT2D eigenvalue weighted by Gasteiger charge is -2.12. The van der Waals surface area contributed by atoms with Crippen molar-refractivity contribution < 1.29 is 0 Å². The fourth-order valence-corrected chi connectivity index (χ4v) is 3.86. The maximum absolute atomic E-state index is 4.53. The molecule has 0 saturated carbocycles. The van der Waals surface area contributed by atoms with E-state index in [1.807, 2.05) is 25.3 Å². The highest BCUT2D eigenvalue weighted by Gasteiger charge is 2.14. The molecule has 0 bridgehead atoms. The van der Waals surface area contributed by atoms with E-state index in [0.29, 0.717) is 6.04 Å². The first-order chi connectivity index (χ1) is 12.6. The Morgan fingerprint density at radius 2 is 1.65 bits per heavy atom. The minimum atomic E-state index is 0.305. The van der Waals surface area contributed by atoms with Crippen LogP contribution >= 0.6 is 11.3 Å². The van der Waals surface area contributed by atoms with E-state index >= 15 is 0 Å². The van der Waals surface area contributed by atoms with E-state index in [9.17, 15) is 0 Å². The molecule has 3 heterocycles. The lowest BCUT2D eigenvalue weighted by Crippen LogP contribution is -2.12. The largest absolute Gasteiger partial charge is 0.366 e. The van der Waals surface area contributed by atoms with Gasteiger partial charge in [-0.1, -0.05) is 30.3 Å².